The lowest BCUT2D eigenvalue weighted by Crippen LogP contribution is -2.26. The molecule has 6 nitrogen and oxygen atoms in total. The summed E-state index contributed by atoms with van der Waals surface area (Å²) in [6.45, 7) is 2.14. The molecule has 2 heterocycles. The van der Waals surface area contributed by atoms with Crippen LogP contribution in [0.2, 0.25) is 0 Å². The first-order valence-corrected chi connectivity index (χ1v) is 7.90. The monoisotopic (exact) mass is 307 g/mol. The average molecular weight is 307 g/mol. The Morgan fingerprint density at radius 1 is 1.48 bits per heavy atom. The number of carbonyl (C=O) groups is 1. The van der Waals surface area contributed by atoms with Gasteiger partial charge in [0.25, 0.3) is 11.5 Å². The van der Waals surface area contributed by atoms with Crippen LogP contribution < -0.4 is 10.9 Å². The molecule has 7 heteroatoms. The molecule has 0 aliphatic carbocycles. The highest BCUT2D eigenvalue weighted by Crippen LogP contribution is 2.13. The van der Waals surface area contributed by atoms with Crippen LogP contribution in [0.4, 0.5) is 0 Å². The molecule has 21 heavy (non-hydrogen) atoms. The number of carbonyl (C=O) groups excluding carboxylic acids is 1. The molecule has 0 saturated carbocycles. The summed E-state index contributed by atoms with van der Waals surface area (Å²) in [6, 6.07) is 4.89. The maximum absolute atomic E-state index is 11.9. The summed E-state index contributed by atoms with van der Waals surface area (Å²) in [4.78, 5) is 30.0. The fraction of sp³-hybridized carbons (Fsp3) is 0.357. The molecule has 0 radical (unpaired) electrons. The molecule has 2 aromatic rings. The number of aryl methyl sites for hydroxylation is 1. The summed E-state index contributed by atoms with van der Waals surface area (Å²) in [7, 11) is 0. The number of furan rings is 1. The Balaban J connectivity index is 1.87. The largest absolute Gasteiger partial charge is 0.455 e. The van der Waals surface area contributed by atoms with Crippen LogP contribution in [0.3, 0.4) is 0 Å². The van der Waals surface area contributed by atoms with E-state index in [0.717, 1.165) is 11.5 Å². The molecular weight excluding hydrogens is 290 g/mol. The summed E-state index contributed by atoms with van der Waals surface area (Å²) < 4.78 is 5.42. The third-order valence-electron chi connectivity index (χ3n) is 2.74. The fourth-order valence-corrected chi connectivity index (χ4v) is 2.30. The highest BCUT2D eigenvalue weighted by atomic mass is 32.2. The van der Waals surface area contributed by atoms with Gasteiger partial charge in [0, 0.05) is 24.7 Å². The lowest BCUT2D eigenvalue weighted by Gasteiger charge is -2.03. The number of hydrogen-bond donors (Lipinski definition) is 2. The van der Waals surface area contributed by atoms with Gasteiger partial charge in [-0.2, -0.15) is 11.8 Å². The predicted molar refractivity (Wildman–Crippen MR) is 81.6 cm³/mol. The van der Waals surface area contributed by atoms with Crippen LogP contribution in [0.25, 0.3) is 0 Å². The number of hydrogen-bond acceptors (Lipinski definition) is 5. The van der Waals surface area contributed by atoms with Crippen LogP contribution in [0, 0.1) is 6.92 Å². The van der Waals surface area contributed by atoms with Crippen molar-refractivity contribution in [3.05, 3.63) is 51.6 Å². The van der Waals surface area contributed by atoms with Crippen molar-refractivity contribution in [2.75, 3.05) is 12.8 Å². The minimum Gasteiger partial charge on any atom is -0.455 e. The van der Waals surface area contributed by atoms with Crippen LogP contribution in [0.1, 0.15) is 27.8 Å². The van der Waals surface area contributed by atoms with Gasteiger partial charge in [-0.25, -0.2) is 4.98 Å². The van der Waals surface area contributed by atoms with E-state index in [9.17, 15) is 9.59 Å². The third-order valence-corrected chi connectivity index (χ3v) is 3.31. The van der Waals surface area contributed by atoms with E-state index in [1.165, 1.54) is 6.07 Å². The second-order valence-electron chi connectivity index (χ2n) is 4.54. The second kappa shape index (κ2) is 7.12. The Kier molecular flexibility index (Phi) is 5.21. The molecule has 0 atom stereocenters. The summed E-state index contributed by atoms with van der Waals surface area (Å²) in [6.07, 6.45) is 2.43. The molecule has 2 aromatic heterocycles. The Morgan fingerprint density at radius 2 is 2.29 bits per heavy atom. The number of aromatic amines is 1. The standard InChI is InChI=1S/C14H17N3O3S/c1-9-7-13(18)17-12(16-9)5-6-15-14(19)11-4-3-10(20-11)8-21-2/h3-4,7H,5-6,8H2,1-2H3,(H,15,19)(H,16,17,18). The molecule has 0 unspecified atom stereocenters. The third kappa shape index (κ3) is 4.49. The Labute approximate surface area is 126 Å². The maximum atomic E-state index is 11.9. The molecule has 0 fully saturated rings. The number of thioether (sulfide) groups is 1. The van der Waals surface area contributed by atoms with Gasteiger partial charge < -0.3 is 14.7 Å². The van der Waals surface area contributed by atoms with Crippen molar-refractivity contribution in [1.29, 1.82) is 0 Å². The molecule has 0 aliphatic rings. The van der Waals surface area contributed by atoms with Crippen LogP contribution in [-0.4, -0.2) is 28.7 Å². The zero-order chi connectivity index (χ0) is 15.2. The van der Waals surface area contributed by atoms with Crippen molar-refractivity contribution >= 4 is 17.7 Å². The number of rotatable bonds is 6. The predicted octanol–water partition coefficient (Wildman–Crippen LogP) is 1.51. The zero-order valence-electron chi connectivity index (χ0n) is 11.9. The first kappa shape index (κ1) is 15.4. The van der Waals surface area contributed by atoms with E-state index in [2.05, 4.69) is 15.3 Å². The smallest absolute Gasteiger partial charge is 0.287 e. The lowest BCUT2D eigenvalue weighted by atomic mass is 10.3. The van der Waals surface area contributed by atoms with E-state index in [1.54, 1.807) is 30.8 Å². The van der Waals surface area contributed by atoms with Crippen molar-refractivity contribution in [1.82, 2.24) is 15.3 Å². The first-order valence-electron chi connectivity index (χ1n) is 6.51. The van der Waals surface area contributed by atoms with E-state index in [0.29, 0.717) is 30.2 Å². The van der Waals surface area contributed by atoms with Crippen LogP contribution in [-0.2, 0) is 12.2 Å². The maximum Gasteiger partial charge on any atom is 0.287 e. The van der Waals surface area contributed by atoms with E-state index in [4.69, 9.17) is 4.42 Å². The minimum absolute atomic E-state index is 0.184. The quantitative estimate of drug-likeness (QED) is 0.844. The molecule has 0 bridgehead atoms. The van der Waals surface area contributed by atoms with Gasteiger partial charge in [-0.1, -0.05) is 0 Å². The van der Waals surface area contributed by atoms with Gasteiger partial charge in [-0.05, 0) is 25.3 Å². The summed E-state index contributed by atoms with van der Waals surface area (Å²) in [5.41, 5.74) is 0.476. The normalized spacial score (nSPS) is 10.6. The van der Waals surface area contributed by atoms with Crippen LogP contribution >= 0.6 is 11.8 Å². The molecular formula is C14H17N3O3S. The van der Waals surface area contributed by atoms with Gasteiger partial charge >= 0.3 is 0 Å². The summed E-state index contributed by atoms with van der Waals surface area (Å²) in [5, 5.41) is 2.74. The highest BCUT2D eigenvalue weighted by molar-refractivity contribution is 7.97. The van der Waals surface area contributed by atoms with Crippen molar-refractivity contribution in [3.63, 3.8) is 0 Å². The Bertz CT molecular complexity index is 678. The van der Waals surface area contributed by atoms with Gasteiger partial charge in [0.05, 0.1) is 5.75 Å². The van der Waals surface area contributed by atoms with Gasteiger partial charge in [0.2, 0.25) is 0 Å². The van der Waals surface area contributed by atoms with E-state index in [1.807, 2.05) is 6.26 Å². The van der Waals surface area contributed by atoms with Crippen molar-refractivity contribution in [3.8, 4) is 0 Å². The van der Waals surface area contributed by atoms with Gasteiger partial charge in [0.1, 0.15) is 11.6 Å². The molecule has 2 rings (SSSR count). The number of aromatic nitrogens is 2. The van der Waals surface area contributed by atoms with E-state index < -0.39 is 0 Å². The first-order chi connectivity index (χ1) is 10.1. The summed E-state index contributed by atoms with van der Waals surface area (Å²) >= 11 is 1.63. The zero-order valence-corrected chi connectivity index (χ0v) is 12.8. The van der Waals surface area contributed by atoms with Crippen LogP contribution in [0.15, 0.2) is 27.4 Å². The highest BCUT2D eigenvalue weighted by Gasteiger charge is 2.10. The van der Waals surface area contributed by atoms with Crippen molar-refractivity contribution in [2.24, 2.45) is 0 Å². The average Bonchev–Trinajstić information content (AvgIpc) is 2.86. The molecule has 1 amide bonds. The Hall–Kier alpha value is -2.02. The van der Waals surface area contributed by atoms with Crippen molar-refractivity contribution < 1.29 is 9.21 Å². The summed E-state index contributed by atoms with van der Waals surface area (Å²) in [5.74, 6) is 2.10. The number of H-pyrrole nitrogens is 1. The number of nitrogens with zero attached hydrogens (tertiary/aromatic N) is 1. The second-order valence-corrected chi connectivity index (χ2v) is 5.40. The number of nitrogens with one attached hydrogen (secondary N) is 2. The van der Waals surface area contributed by atoms with Gasteiger partial charge in [0.15, 0.2) is 5.76 Å². The van der Waals surface area contributed by atoms with Gasteiger partial charge in [-0.3, -0.25) is 9.59 Å². The minimum atomic E-state index is -0.266. The van der Waals surface area contributed by atoms with E-state index in [-0.39, 0.29) is 11.5 Å². The van der Waals surface area contributed by atoms with Crippen LogP contribution in [0.5, 0.6) is 0 Å². The fourth-order valence-electron chi connectivity index (χ4n) is 1.86. The number of amides is 1. The SMILES string of the molecule is CSCc1ccc(C(=O)NCCc2nc(C)cc(=O)[nH]2)o1. The lowest BCUT2D eigenvalue weighted by molar-refractivity contribution is 0.0925. The Morgan fingerprint density at radius 3 is 3.00 bits per heavy atom. The molecule has 0 aliphatic heterocycles. The van der Waals surface area contributed by atoms with E-state index >= 15 is 0 Å². The molecule has 0 aromatic carbocycles. The molecule has 0 spiro atoms. The molecule has 112 valence electrons. The van der Waals surface area contributed by atoms with Gasteiger partial charge in [-0.15, -0.1) is 0 Å². The topological polar surface area (TPSA) is 88.0 Å². The molecule has 2 N–H and O–H groups in total. The van der Waals surface area contributed by atoms with Crippen molar-refractivity contribution in [2.45, 2.75) is 19.1 Å². The molecule has 0 saturated heterocycles.